The zero-order valence-electron chi connectivity index (χ0n) is 16.9. The van der Waals surface area contributed by atoms with Crippen molar-refractivity contribution in [3.8, 4) is 23.3 Å². The van der Waals surface area contributed by atoms with Crippen LogP contribution in [0.1, 0.15) is 40.0 Å². The average molecular weight is 405 g/mol. The second-order valence-corrected chi connectivity index (χ2v) is 7.42. The number of nitrogen functional groups attached to an aromatic ring is 1. The number of primary amides is 1. The molecule has 0 spiro atoms. The molecule has 0 saturated carbocycles. The maximum Gasteiger partial charge on any atom is 0.254 e. The predicted molar refractivity (Wildman–Crippen MR) is 113 cm³/mol. The monoisotopic (exact) mass is 405 g/mol. The summed E-state index contributed by atoms with van der Waals surface area (Å²) < 4.78 is 6.98. The summed E-state index contributed by atoms with van der Waals surface area (Å²) in [7, 11) is 0. The van der Waals surface area contributed by atoms with Crippen molar-refractivity contribution in [2.75, 3.05) is 18.9 Å². The number of hydrogen-bond acceptors (Lipinski definition) is 6. The topological polar surface area (TPSA) is 129 Å². The molecule has 3 aromatic rings. The van der Waals surface area contributed by atoms with Gasteiger partial charge in [0.15, 0.2) is 5.65 Å². The van der Waals surface area contributed by atoms with E-state index in [1.54, 1.807) is 23.6 Å². The second-order valence-electron chi connectivity index (χ2n) is 7.42. The van der Waals surface area contributed by atoms with Crippen LogP contribution in [-0.2, 0) is 4.74 Å². The number of phenolic OH excluding ortho intramolecular Hbond substituents is 1. The molecule has 8 nitrogen and oxygen atoms in total. The zero-order valence-corrected chi connectivity index (χ0v) is 16.9. The summed E-state index contributed by atoms with van der Waals surface area (Å²) in [6.07, 6.45) is 3.30. The van der Waals surface area contributed by atoms with Crippen LogP contribution in [0, 0.1) is 31.6 Å². The van der Waals surface area contributed by atoms with Crippen LogP contribution in [0.15, 0.2) is 18.3 Å². The van der Waals surface area contributed by atoms with Crippen molar-refractivity contribution in [1.82, 2.24) is 14.5 Å². The fourth-order valence-electron chi connectivity index (χ4n) is 3.78. The first-order valence-electron chi connectivity index (χ1n) is 9.74. The minimum absolute atomic E-state index is 0.101. The number of carbonyl (C=O) groups is 1. The molecule has 1 aromatic carbocycles. The molecule has 1 aliphatic heterocycles. The van der Waals surface area contributed by atoms with E-state index in [0.29, 0.717) is 41.3 Å². The summed E-state index contributed by atoms with van der Waals surface area (Å²) in [5.41, 5.74) is 15.3. The number of amides is 1. The van der Waals surface area contributed by atoms with Crippen LogP contribution in [0.25, 0.3) is 16.9 Å². The number of benzene rings is 1. The smallest absolute Gasteiger partial charge is 0.254 e. The highest BCUT2D eigenvalue weighted by Gasteiger charge is 2.25. The Hall–Kier alpha value is -3.57. The normalized spacial score (nSPS) is 14.5. The quantitative estimate of drug-likeness (QED) is 0.561. The van der Waals surface area contributed by atoms with Gasteiger partial charge in [0.25, 0.3) is 5.91 Å². The fourth-order valence-corrected chi connectivity index (χ4v) is 3.78. The Kier molecular flexibility index (Phi) is 5.06. The van der Waals surface area contributed by atoms with Crippen molar-refractivity contribution in [2.24, 2.45) is 11.7 Å². The maximum absolute atomic E-state index is 12.1. The molecular weight excluding hydrogens is 382 g/mol. The number of nitrogens with zero attached hydrogens (tertiary/aromatic N) is 3. The van der Waals surface area contributed by atoms with Crippen LogP contribution in [0.5, 0.6) is 5.75 Å². The first kappa shape index (κ1) is 19.7. The summed E-state index contributed by atoms with van der Waals surface area (Å²) in [6.45, 7) is 5.08. The van der Waals surface area contributed by atoms with Gasteiger partial charge in [0.1, 0.15) is 28.3 Å². The largest absolute Gasteiger partial charge is 0.508 e. The van der Waals surface area contributed by atoms with Gasteiger partial charge in [-0.2, -0.15) is 0 Å². The highest BCUT2D eigenvalue weighted by atomic mass is 16.5. The molecule has 1 aliphatic rings. The minimum Gasteiger partial charge on any atom is -0.508 e. The third kappa shape index (κ3) is 3.33. The lowest BCUT2D eigenvalue weighted by Crippen LogP contribution is -2.14. The van der Waals surface area contributed by atoms with Crippen LogP contribution >= 0.6 is 0 Å². The number of fused-ring (bicyclic) bond motifs is 1. The number of phenols is 1. The zero-order chi connectivity index (χ0) is 21.4. The van der Waals surface area contributed by atoms with Crippen molar-refractivity contribution < 1.29 is 14.6 Å². The highest BCUT2D eigenvalue weighted by Crippen LogP contribution is 2.34. The number of ether oxygens (including phenoxy) is 1. The molecule has 154 valence electrons. The van der Waals surface area contributed by atoms with Crippen LogP contribution < -0.4 is 11.5 Å². The van der Waals surface area contributed by atoms with E-state index >= 15 is 0 Å². The molecule has 2 aromatic heterocycles. The summed E-state index contributed by atoms with van der Waals surface area (Å²) >= 11 is 0. The molecule has 0 bridgehead atoms. The van der Waals surface area contributed by atoms with Crippen molar-refractivity contribution in [3.63, 3.8) is 0 Å². The van der Waals surface area contributed by atoms with E-state index in [4.69, 9.17) is 16.2 Å². The number of nitrogens with two attached hydrogens (primary N) is 2. The Morgan fingerprint density at radius 2 is 2.03 bits per heavy atom. The SMILES string of the molecule is Cc1ccc(O)c(C)c1-n1c(N)c(C(N)=O)c2ncc(C#CC3CCOCC3)nc21. The lowest BCUT2D eigenvalue weighted by molar-refractivity contribution is 0.0807. The standard InChI is InChI=1S/C22H23N5O3/c1-12-3-6-16(28)13(2)19(12)27-20(23)17(21(24)29)18-22(27)26-15(11-25-18)5-4-14-7-9-30-10-8-14/h3,6,11,14,28H,7-10,23H2,1-2H3,(H2,24,29). The molecular formula is C22H23N5O3. The predicted octanol–water partition coefficient (Wildman–Crippen LogP) is 2.20. The molecule has 5 N–H and O–H groups in total. The second kappa shape index (κ2) is 7.69. The van der Waals surface area contributed by atoms with E-state index in [1.807, 2.05) is 6.92 Å². The molecule has 0 unspecified atom stereocenters. The number of anilines is 1. The fraction of sp³-hybridized carbons (Fsp3) is 0.318. The Bertz CT molecular complexity index is 1210. The maximum atomic E-state index is 12.1. The van der Waals surface area contributed by atoms with Crippen LogP contribution in [-0.4, -0.2) is 38.8 Å². The summed E-state index contributed by atoms with van der Waals surface area (Å²) in [4.78, 5) is 21.1. The van der Waals surface area contributed by atoms with Crippen molar-refractivity contribution >= 4 is 22.9 Å². The number of aromatic hydroxyl groups is 1. The molecule has 1 fully saturated rings. The Labute approximate surface area is 173 Å². The van der Waals surface area contributed by atoms with Gasteiger partial charge in [0, 0.05) is 24.7 Å². The van der Waals surface area contributed by atoms with E-state index in [-0.39, 0.29) is 23.0 Å². The van der Waals surface area contributed by atoms with Crippen molar-refractivity contribution in [2.45, 2.75) is 26.7 Å². The number of aryl methyl sites for hydroxylation is 1. The molecule has 0 atom stereocenters. The van der Waals surface area contributed by atoms with E-state index in [2.05, 4.69) is 21.8 Å². The van der Waals surface area contributed by atoms with Gasteiger partial charge in [-0.3, -0.25) is 9.36 Å². The van der Waals surface area contributed by atoms with E-state index in [9.17, 15) is 9.90 Å². The number of carbonyl (C=O) groups excluding carboxylic acids is 1. The van der Waals surface area contributed by atoms with E-state index < -0.39 is 5.91 Å². The molecule has 1 amide bonds. The highest BCUT2D eigenvalue weighted by molar-refractivity contribution is 6.09. The van der Waals surface area contributed by atoms with Gasteiger partial charge in [-0.05, 0) is 44.2 Å². The van der Waals surface area contributed by atoms with Crippen LogP contribution in [0.2, 0.25) is 0 Å². The molecule has 30 heavy (non-hydrogen) atoms. The molecule has 0 aliphatic carbocycles. The summed E-state index contributed by atoms with van der Waals surface area (Å²) in [6, 6.07) is 3.39. The third-order valence-corrected chi connectivity index (χ3v) is 5.40. The molecule has 8 heteroatoms. The van der Waals surface area contributed by atoms with Gasteiger partial charge < -0.3 is 21.3 Å². The lowest BCUT2D eigenvalue weighted by Gasteiger charge is -2.16. The van der Waals surface area contributed by atoms with Gasteiger partial charge in [-0.25, -0.2) is 9.97 Å². The number of rotatable bonds is 2. The Morgan fingerprint density at radius 3 is 2.73 bits per heavy atom. The van der Waals surface area contributed by atoms with Crippen molar-refractivity contribution in [1.29, 1.82) is 0 Å². The first-order valence-corrected chi connectivity index (χ1v) is 9.74. The Balaban J connectivity index is 1.93. The van der Waals surface area contributed by atoms with Gasteiger partial charge in [-0.15, -0.1) is 0 Å². The number of aromatic nitrogens is 3. The van der Waals surface area contributed by atoms with Crippen LogP contribution in [0.3, 0.4) is 0 Å². The average Bonchev–Trinajstić information content (AvgIpc) is 3.02. The van der Waals surface area contributed by atoms with Gasteiger partial charge in [0.05, 0.1) is 11.9 Å². The number of hydrogen-bond donors (Lipinski definition) is 3. The summed E-state index contributed by atoms with van der Waals surface area (Å²) in [5.74, 6) is 6.12. The van der Waals surface area contributed by atoms with Crippen LogP contribution in [0.4, 0.5) is 5.82 Å². The van der Waals surface area contributed by atoms with Gasteiger partial charge in [0.2, 0.25) is 0 Å². The molecule has 3 heterocycles. The van der Waals surface area contributed by atoms with Gasteiger partial charge >= 0.3 is 0 Å². The van der Waals surface area contributed by atoms with E-state index in [0.717, 1.165) is 18.4 Å². The molecule has 1 saturated heterocycles. The Morgan fingerprint density at radius 1 is 1.30 bits per heavy atom. The van der Waals surface area contributed by atoms with Gasteiger partial charge in [-0.1, -0.05) is 12.0 Å². The molecule has 4 rings (SSSR count). The third-order valence-electron chi connectivity index (χ3n) is 5.40. The first-order chi connectivity index (χ1) is 14.4. The van der Waals surface area contributed by atoms with Crippen molar-refractivity contribution in [3.05, 3.63) is 40.7 Å². The summed E-state index contributed by atoms with van der Waals surface area (Å²) in [5, 5.41) is 10.2. The minimum atomic E-state index is -0.693. The van der Waals surface area contributed by atoms with E-state index in [1.165, 1.54) is 6.20 Å². The lowest BCUT2D eigenvalue weighted by atomic mass is 10.0. The molecule has 0 radical (unpaired) electrons.